The van der Waals surface area contributed by atoms with Crippen LogP contribution >= 0.6 is 0 Å². The zero-order valence-corrected chi connectivity index (χ0v) is 13.9. The van der Waals surface area contributed by atoms with E-state index in [1.165, 1.54) is 12.8 Å². The molecule has 0 bridgehead atoms. The minimum absolute atomic E-state index is 0. The van der Waals surface area contributed by atoms with Gasteiger partial charge in [-0.05, 0) is 0 Å². The van der Waals surface area contributed by atoms with Gasteiger partial charge in [0, 0.05) is 0 Å². The van der Waals surface area contributed by atoms with Gasteiger partial charge in [-0.2, -0.15) is 0 Å². The summed E-state index contributed by atoms with van der Waals surface area (Å²) in [5.74, 6) is 0. The Morgan fingerprint density at radius 1 is 1.06 bits per heavy atom. The Bertz CT molecular complexity index is 519. The van der Waals surface area contributed by atoms with E-state index in [2.05, 4.69) is 63.4 Å². The second kappa shape index (κ2) is 5.17. The second-order valence-electron chi connectivity index (χ2n) is 5.40. The van der Waals surface area contributed by atoms with Crippen LogP contribution < -0.4 is 0 Å². The van der Waals surface area contributed by atoms with Crippen LogP contribution in [-0.4, -0.2) is 10.00 Å². The van der Waals surface area contributed by atoms with Gasteiger partial charge >= 0.3 is 109 Å². The minimum atomic E-state index is -2.08. The first kappa shape index (κ1) is 13.2. The van der Waals surface area contributed by atoms with Gasteiger partial charge in [-0.3, -0.25) is 0 Å². The van der Waals surface area contributed by atoms with Gasteiger partial charge < -0.3 is 2.85 Å². The molecule has 0 aromatic rings. The quantitative estimate of drug-likeness (QED) is 0.653. The molecule has 0 saturated carbocycles. The molecular weight excluding hydrogens is 256 g/mol. The van der Waals surface area contributed by atoms with Crippen molar-refractivity contribution < 1.29 is 17.7 Å². The SMILES string of the molecule is C[C](C)=[Ti+2]([C]1=CC=CC1)([C]1=CC=CC1)=[Si](C)C.[H-].[H-]. The molecule has 0 unspecified atom stereocenters. The summed E-state index contributed by atoms with van der Waals surface area (Å²) in [6, 6.07) is 0. The molecule has 0 aliphatic heterocycles. The third-order valence-electron chi connectivity index (χ3n) is 4.01. The molecule has 2 aliphatic rings. The topological polar surface area (TPSA) is 0 Å². The first-order chi connectivity index (χ1) is 8.10. The first-order valence-electron chi connectivity index (χ1n) is 6.43. The third-order valence-corrected chi connectivity index (χ3v) is 23.8. The molecule has 92 valence electrons. The van der Waals surface area contributed by atoms with Crippen molar-refractivity contribution in [2.75, 3.05) is 0 Å². The third kappa shape index (κ3) is 2.09. The van der Waals surface area contributed by atoms with E-state index in [1.54, 1.807) is 11.6 Å². The van der Waals surface area contributed by atoms with Crippen LogP contribution in [0.15, 0.2) is 44.2 Å². The summed E-state index contributed by atoms with van der Waals surface area (Å²) in [5.41, 5.74) is 0. The van der Waals surface area contributed by atoms with E-state index < -0.39 is 14.9 Å². The van der Waals surface area contributed by atoms with E-state index >= 15 is 0 Å². The van der Waals surface area contributed by atoms with Gasteiger partial charge in [0.1, 0.15) is 0 Å². The summed E-state index contributed by atoms with van der Waals surface area (Å²) in [5, 5.41) is 0. The van der Waals surface area contributed by atoms with Crippen LogP contribution in [-0.2, 0) is 14.9 Å². The van der Waals surface area contributed by atoms with Gasteiger partial charge in [-0.25, -0.2) is 0 Å². The maximum absolute atomic E-state index is 2.54. The number of rotatable bonds is 2. The van der Waals surface area contributed by atoms with Crippen molar-refractivity contribution in [2.24, 2.45) is 0 Å². The van der Waals surface area contributed by atoms with Gasteiger partial charge in [-0.15, -0.1) is 0 Å². The summed E-state index contributed by atoms with van der Waals surface area (Å²) in [7, 11) is 0. The predicted molar refractivity (Wildman–Crippen MR) is 79.7 cm³/mol. The normalized spacial score (nSPS) is 16.5. The van der Waals surface area contributed by atoms with Gasteiger partial charge in [0.25, 0.3) is 0 Å². The average Bonchev–Trinajstić information content (AvgIpc) is 2.88. The standard InChI is InChI=1S/2C5H5.C3H6.C2H6Si.Ti.2H/c2*1-2-4-5-3-1;2*1-3-2;;;/h2*1-3H,4H2;2*1-2H3;;;/q;;;;+2;2*-1. The van der Waals surface area contributed by atoms with Crippen molar-refractivity contribution in [3.8, 4) is 0 Å². The average molecular weight is 280 g/mol. The monoisotopic (exact) mass is 280 g/mol. The smallest absolute Gasteiger partial charge is 1.00 e. The van der Waals surface area contributed by atoms with Crippen molar-refractivity contribution in [1.29, 1.82) is 0 Å². The molecule has 2 heteroatoms. The Morgan fingerprint density at radius 2 is 1.53 bits per heavy atom. The molecule has 0 fully saturated rings. The maximum atomic E-state index is 2.54. The number of allylic oxidation sites excluding steroid dienone is 8. The zero-order chi connectivity index (χ0) is 12.5. The summed E-state index contributed by atoms with van der Waals surface area (Å²) >= 11 is -2.08. The van der Waals surface area contributed by atoms with Crippen LogP contribution in [0, 0.1) is 0 Å². The van der Waals surface area contributed by atoms with Crippen LogP contribution in [0.2, 0.25) is 13.1 Å². The zero-order valence-electron chi connectivity index (χ0n) is 13.4. The minimum Gasteiger partial charge on any atom is -1.00 e. The largest absolute Gasteiger partial charge is 1.00 e. The van der Waals surface area contributed by atoms with Crippen molar-refractivity contribution in [1.82, 2.24) is 0 Å². The Kier molecular flexibility index (Phi) is 4.02. The molecule has 0 N–H and O–H groups in total. The second-order valence-corrected chi connectivity index (χ2v) is 21.1. The Hall–Kier alpha value is -0.239. The van der Waals surface area contributed by atoms with Crippen LogP contribution in [0.25, 0.3) is 0 Å². The predicted octanol–water partition coefficient (Wildman–Crippen LogP) is 4.52. The van der Waals surface area contributed by atoms with E-state index in [-0.39, 0.29) is 9.04 Å². The van der Waals surface area contributed by atoms with E-state index in [4.69, 9.17) is 0 Å². The molecule has 0 amide bonds. The van der Waals surface area contributed by atoms with Gasteiger partial charge in [-0.1, -0.05) is 0 Å². The molecule has 0 nitrogen and oxygen atoms in total. The van der Waals surface area contributed by atoms with E-state index in [0.717, 1.165) is 0 Å². The van der Waals surface area contributed by atoms with Gasteiger partial charge in [0.05, 0.1) is 0 Å². The maximum Gasteiger partial charge on any atom is -1.00 e. The molecule has 0 spiro atoms. The van der Waals surface area contributed by atoms with Crippen molar-refractivity contribution >= 4 is 10.00 Å². The Balaban J connectivity index is 0.00000162. The van der Waals surface area contributed by atoms with Crippen molar-refractivity contribution in [3.63, 3.8) is 0 Å². The summed E-state index contributed by atoms with van der Waals surface area (Å²) in [4.78, 5) is 0. The summed E-state index contributed by atoms with van der Waals surface area (Å²) < 4.78 is 5.37. The van der Waals surface area contributed by atoms with E-state index in [1.807, 2.05) is 0 Å². The molecule has 0 aromatic carbocycles. The molecule has 0 saturated heterocycles. The Morgan fingerprint density at radius 3 is 1.76 bits per heavy atom. The van der Waals surface area contributed by atoms with Crippen molar-refractivity contribution in [3.05, 3.63) is 44.2 Å². The van der Waals surface area contributed by atoms with Crippen LogP contribution in [0.1, 0.15) is 29.5 Å². The molecule has 2 aliphatic carbocycles. The fourth-order valence-electron chi connectivity index (χ4n) is 3.44. The fraction of sp³-hybridized carbons (Fsp3) is 0.400. The van der Waals surface area contributed by atoms with Gasteiger partial charge in [0.15, 0.2) is 0 Å². The fourth-order valence-corrected chi connectivity index (χ4v) is 23.0. The molecular formula is C15H24SiTi. The summed E-state index contributed by atoms with van der Waals surface area (Å²) in [6.07, 6.45) is 16.3. The molecule has 0 heterocycles. The number of hydrogen-bond acceptors (Lipinski definition) is 0. The first-order valence-corrected chi connectivity index (χ1v) is 13.6. The van der Waals surface area contributed by atoms with Crippen molar-refractivity contribution in [2.45, 2.75) is 39.8 Å². The molecule has 2 rings (SSSR count). The van der Waals surface area contributed by atoms with Crippen LogP contribution in [0.4, 0.5) is 0 Å². The Labute approximate surface area is 111 Å². The van der Waals surface area contributed by atoms with Gasteiger partial charge in [0.2, 0.25) is 0 Å². The molecule has 17 heavy (non-hydrogen) atoms. The molecule has 0 radical (unpaired) electrons. The summed E-state index contributed by atoms with van der Waals surface area (Å²) in [6.45, 7) is 9.87. The van der Waals surface area contributed by atoms with E-state index in [9.17, 15) is 0 Å². The molecule has 0 aromatic heterocycles. The van der Waals surface area contributed by atoms with E-state index in [0.29, 0.717) is 0 Å². The molecule has 0 atom stereocenters. The number of hydrogen-bond donors (Lipinski definition) is 0. The van der Waals surface area contributed by atoms with Crippen LogP contribution in [0.3, 0.4) is 0 Å². The van der Waals surface area contributed by atoms with Crippen LogP contribution in [0.5, 0.6) is 0 Å².